The Morgan fingerprint density at radius 3 is 2.81 bits per heavy atom. The smallest absolute Gasteiger partial charge is 0.354 e. The summed E-state index contributed by atoms with van der Waals surface area (Å²) in [7, 11) is 0. The Morgan fingerprint density at radius 2 is 2.19 bits per heavy atom. The highest BCUT2D eigenvalue weighted by molar-refractivity contribution is 5.85. The SMILES string of the molecule is O=C(NCc1ccc(C(=O)O)nc1)NCC1COCCO1. The fourth-order valence-corrected chi connectivity index (χ4v) is 1.76. The van der Waals surface area contributed by atoms with Gasteiger partial charge in [-0.05, 0) is 11.6 Å². The Hall–Kier alpha value is -2.19. The normalized spacial score (nSPS) is 18.0. The molecule has 0 bridgehead atoms. The molecule has 8 heteroatoms. The molecular formula is C13H17N3O5. The molecule has 1 aromatic heterocycles. The molecule has 2 amide bonds. The first-order valence-corrected chi connectivity index (χ1v) is 6.54. The molecule has 0 aliphatic carbocycles. The summed E-state index contributed by atoms with van der Waals surface area (Å²) in [6.45, 7) is 2.24. The van der Waals surface area contributed by atoms with Crippen LogP contribution in [0.25, 0.3) is 0 Å². The van der Waals surface area contributed by atoms with Crippen LogP contribution >= 0.6 is 0 Å². The van der Waals surface area contributed by atoms with E-state index in [1.165, 1.54) is 12.3 Å². The third-order valence-electron chi connectivity index (χ3n) is 2.87. The lowest BCUT2D eigenvalue weighted by atomic mass is 10.2. The van der Waals surface area contributed by atoms with Crippen molar-refractivity contribution >= 4 is 12.0 Å². The van der Waals surface area contributed by atoms with Crippen molar-refractivity contribution in [1.82, 2.24) is 15.6 Å². The quantitative estimate of drug-likeness (QED) is 0.705. The highest BCUT2D eigenvalue weighted by Crippen LogP contribution is 2.01. The fraction of sp³-hybridized carbons (Fsp3) is 0.462. The van der Waals surface area contributed by atoms with Crippen LogP contribution < -0.4 is 10.6 Å². The molecule has 0 saturated carbocycles. The Labute approximate surface area is 121 Å². The molecule has 0 aromatic carbocycles. The Kier molecular flexibility index (Phi) is 5.47. The minimum Gasteiger partial charge on any atom is -0.477 e. The first-order chi connectivity index (χ1) is 10.1. The number of urea groups is 1. The second-order valence-electron chi connectivity index (χ2n) is 4.49. The maximum Gasteiger partial charge on any atom is 0.354 e. The van der Waals surface area contributed by atoms with E-state index in [-0.39, 0.29) is 24.4 Å². The van der Waals surface area contributed by atoms with Crippen LogP contribution in [0, 0.1) is 0 Å². The largest absolute Gasteiger partial charge is 0.477 e. The number of pyridine rings is 1. The monoisotopic (exact) mass is 295 g/mol. The Balaban J connectivity index is 1.69. The molecule has 3 N–H and O–H groups in total. The zero-order valence-electron chi connectivity index (χ0n) is 11.4. The van der Waals surface area contributed by atoms with Crippen molar-refractivity contribution in [2.24, 2.45) is 0 Å². The van der Waals surface area contributed by atoms with Gasteiger partial charge in [0.05, 0.1) is 25.9 Å². The molecule has 1 aliphatic heterocycles. The van der Waals surface area contributed by atoms with Crippen LogP contribution in [-0.2, 0) is 16.0 Å². The van der Waals surface area contributed by atoms with Gasteiger partial charge in [-0.25, -0.2) is 14.6 Å². The van der Waals surface area contributed by atoms with E-state index < -0.39 is 5.97 Å². The van der Waals surface area contributed by atoms with Gasteiger partial charge in [-0.3, -0.25) is 0 Å². The highest BCUT2D eigenvalue weighted by Gasteiger charge is 2.14. The highest BCUT2D eigenvalue weighted by atomic mass is 16.6. The molecule has 1 unspecified atom stereocenters. The van der Waals surface area contributed by atoms with Crippen LogP contribution in [0.2, 0.25) is 0 Å². The van der Waals surface area contributed by atoms with Crippen LogP contribution in [0.3, 0.4) is 0 Å². The number of hydrogen-bond acceptors (Lipinski definition) is 5. The van der Waals surface area contributed by atoms with E-state index in [1.807, 2.05) is 0 Å². The number of nitrogens with zero attached hydrogens (tertiary/aromatic N) is 1. The van der Waals surface area contributed by atoms with E-state index in [2.05, 4.69) is 15.6 Å². The number of carboxylic acids is 1. The summed E-state index contributed by atoms with van der Waals surface area (Å²) in [5.41, 5.74) is 0.685. The summed E-state index contributed by atoms with van der Waals surface area (Å²) in [6.07, 6.45) is 1.29. The van der Waals surface area contributed by atoms with Gasteiger partial charge in [-0.1, -0.05) is 6.07 Å². The van der Waals surface area contributed by atoms with Gasteiger partial charge in [0.25, 0.3) is 0 Å². The summed E-state index contributed by atoms with van der Waals surface area (Å²) in [5.74, 6) is -1.08. The van der Waals surface area contributed by atoms with Gasteiger partial charge in [-0.15, -0.1) is 0 Å². The van der Waals surface area contributed by atoms with Crippen molar-refractivity contribution in [1.29, 1.82) is 0 Å². The second-order valence-corrected chi connectivity index (χ2v) is 4.49. The Morgan fingerprint density at radius 1 is 1.33 bits per heavy atom. The molecule has 114 valence electrons. The third kappa shape index (κ3) is 5.01. The number of aromatic carboxylic acids is 1. The molecule has 1 saturated heterocycles. The van der Waals surface area contributed by atoms with Gasteiger partial charge in [0.15, 0.2) is 0 Å². The number of ether oxygens (including phenoxy) is 2. The molecule has 0 spiro atoms. The molecule has 8 nitrogen and oxygen atoms in total. The third-order valence-corrected chi connectivity index (χ3v) is 2.87. The number of nitrogens with one attached hydrogen (secondary N) is 2. The minimum absolute atomic E-state index is 0.0300. The lowest BCUT2D eigenvalue weighted by Gasteiger charge is -2.23. The molecule has 0 radical (unpaired) electrons. The summed E-state index contributed by atoms with van der Waals surface area (Å²) in [6, 6.07) is 2.67. The van der Waals surface area contributed by atoms with E-state index in [1.54, 1.807) is 6.07 Å². The summed E-state index contributed by atoms with van der Waals surface area (Å²) >= 11 is 0. The second kappa shape index (κ2) is 7.55. The summed E-state index contributed by atoms with van der Waals surface area (Å²) in [4.78, 5) is 26.0. The van der Waals surface area contributed by atoms with Gasteiger partial charge >= 0.3 is 12.0 Å². The van der Waals surface area contributed by atoms with E-state index in [9.17, 15) is 9.59 Å². The molecular weight excluding hydrogens is 278 g/mol. The predicted octanol–water partition coefficient (Wildman–Crippen LogP) is -0.00560. The number of amides is 2. The summed E-state index contributed by atoms with van der Waals surface area (Å²) < 4.78 is 10.6. The van der Waals surface area contributed by atoms with Gasteiger partial charge in [0.2, 0.25) is 0 Å². The molecule has 1 aliphatic rings. The van der Waals surface area contributed by atoms with Gasteiger partial charge in [0, 0.05) is 19.3 Å². The predicted molar refractivity (Wildman–Crippen MR) is 72.0 cm³/mol. The summed E-state index contributed by atoms with van der Waals surface area (Å²) in [5, 5.41) is 14.1. The molecule has 1 atom stereocenters. The van der Waals surface area contributed by atoms with Crippen LogP contribution in [0.4, 0.5) is 4.79 Å². The standard InChI is InChI=1S/C13H17N3O5/c17-12(18)11-2-1-9(5-14-11)6-15-13(19)16-7-10-8-20-3-4-21-10/h1-2,5,10H,3-4,6-8H2,(H,17,18)(H2,15,16,19). The average molecular weight is 295 g/mol. The van der Waals surface area contributed by atoms with Gasteiger partial charge in [-0.2, -0.15) is 0 Å². The van der Waals surface area contributed by atoms with Crippen LogP contribution in [-0.4, -0.2) is 54.6 Å². The molecule has 2 rings (SSSR count). The first-order valence-electron chi connectivity index (χ1n) is 6.54. The zero-order valence-corrected chi connectivity index (χ0v) is 11.4. The maximum atomic E-state index is 11.6. The van der Waals surface area contributed by atoms with Crippen LogP contribution in [0.1, 0.15) is 16.1 Å². The van der Waals surface area contributed by atoms with Crippen molar-refractivity contribution in [3.05, 3.63) is 29.6 Å². The van der Waals surface area contributed by atoms with Crippen LogP contribution in [0.5, 0.6) is 0 Å². The number of rotatable bonds is 5. The number of carbonyl (C=O) groups excluding carboxylic acids is 1. The maximum absolute atomic E-state index is 11.6. The number of aromatic nitrogens is 1. The van der Waals surface area contributed by atoms with Crippen molar-refractivity contribution in [3.8, 4) is 0 Å². The van der Waals surface area contributed by atoms with Gasteiger partial charge < -0.3 is 25.2 Å². The van der Waals surface area contributed by atoms with E-state index >= 15 is 0 Å². The zero-order chi connectivity index (χ0) is 15.1. The molecule has 21 heavy (non-hydrogen) atoms. The van der Waals surface area contributed by atoms with Crippen molar-refractivity contribution in [2.45, 2.75) is 12.6 Å². The lowest BCUT2D eigenvalue weighted by Crippen LogP contribution is -2.43. The van der Waals surface area contributed by atoms with Crippen molar-refractivity contribution in [3.63, 3.8) is 0 Å². The van der Waals surface area contributed by atoms with Crippen molar-refractivity contribution < 1.29 is 24.2 Å². The average Bonchev–Trinajstić information content (AvgIpc) is 2.52. The fourth-order valence-electron chi connectivity index (χ4n) is 1.76. The van der Waals surface area contributed by atoms with Crippen molar-refractivity contribution in [2.75, 3.05) is 26.4 Å². The minimum atomic E-state index is -1.08. The van der Waals surface area contributed by atoms with E-state index in [0.29, 0.717) is 31.9 Å². The van der Waals surface area contributed by atoms with E-state index in [4.69, 9.17) is 14.6 Å². The van der Waals surface area contributed by atoms with Gasteiger partial charge in [0.1, 0.15) is 5.69 Å². The Bertz CT molecular complexity index is 485. The molecule has 1 fully saturated rings. The number of carbonyl (C=O) groups is 2. The number of carboxylic acid groups (broad SMARTS) is 1. The van der Waals surface area contributed by atoms with Crippen LogP contribution in [0.15, 0.2) is 18.3 Å². The topological polar surface area (TPSA) is 110 Å². The van der Waals surface area contributed by atoms with E-state index in [0.717, 1.165) is 0 Å². The molecule has 2 heterocycles. The first kappa shape index (κ1) is 15.2. The lowest BCUT2D eigenvalue weighted by molar-refractivity contribution is -0.0853. The molecule has 1 aromatic rings. The number of hydrogen-bond donors (Lipinski definition) is 3.